The molecule has 2 nitrogen and oxygen atoms in total. The Hall–Kier alpha value is -2.13. The molecule has 34 heavy (non-hydrogen) atoms. The van der Waals surface area contributed by atoms with Crippen molar-refractivity contribution in [2.45, 2.75) is 103 Å². The molecule has 3 heteroatoms. The highest BCUT2D eigenvalue weighted by Crippen LogP contribution is 2.25. The van der Waals surface area contributed by atoms with E-state index in [0.717, 1.165) is 45.8 Å². The van der Waals surface area contributed by atoms with Crippen molar-refractivity contribution >= 4 is 34.5 Å². The molecule has 0 saturated heterocycles. The van der Waals surface area contributed by atoms with E-state index in [1.807, 2.05) is 54.6 Å². The second kappa shape index (κ2) is 17.3. The van der Waals surface area contributed by atoms with E-state index >= 15 is 0 Å². The van der Waals surface area contributed by atoms with Gasteiger partial charge in [-0.25, -0.2) is 0 Å². The van der Waals surface area contributed by atoms with Crippen LogP contribution in [0.25, 0.3) is 6.08 Å². The summed E-state index contributed by atoms with van der Waals surface area (Å²) in [6.07, 6.45) is 24.1. The lowest BCUT2D eigenvalue weighted by Gasteiger charge is -2.11. The maximum atomic E-state index is 6.35. The van der Waals surface area contributed by atoms with E-state index in [1.165, 1.54) is 83.5 Å². The molecular formula is C31H46N2S. The molecule has 0 aliphatic carbocycles. The first-order valence-electron chi connectivity index (χ1n) is 13.6. The van der Waals surface area contributed by atoms with Gasteiger partial charge in [0.15, 0.2) is 0 Å². The van der Waals surface area contributed by atoms with Crippen molar-refractivity contribution in [3.8, 4) is 0 Å². The minimum Gasteiger partial charge on any atom is -0.398 e. The van der Waals surface area contributed by atoms with Crippen LogP contribution >= 0.6 is 12.2 Å². The van der Waals surface area contributed by atoms with Crippen LogP contribution in [0, 0.1) is 0 Å². The smallest absolute Gasteiger partial charge is 0.0449 e. The molecule has 0 unspecified atom stereocenters. The Balaban J connectivity index is 1.60. The van der Waals surface area contributed by atoms with Gasteiger partial charge in [0.05, 0.1) is 0 Å². The van der Waals surface area contributed by atoms with Gasteiger partial charge < -0.3 is 11.5 Å². The van der Waals surface area contributed by atoms with Gasteiger partial charge in [0.2, 0.25) is 0 Å². The number of thiocarbonyl (C=S) groups is 1. The number of nitrogens with two attached hydrogens (primary N) is 2. The predicted octanol–water partition coefficient (Wildman–Crippen LogP) is 9.31. The lowest BCUT2D eigenvalue weighted by Crippen LogP contribution is -2.01. The summed E-state index contributed by atoms with van der Waals surface area (Å²) in [7, 11) is 0. The van der Waals surface area contributed by atoms with Gasteiger partial charge in [-0.3, -0.25) is 0 Å². The van der Waals surface area contributed by atoms with Crippen molar-refractivity contribution in [1.82, 2.24) is 0 Å². The van der Waals surface area contributed by atoms with Crippen LogP contribution in [0.15, 0.2) is 48.5 Å². The molecule has 0 amide bonds. The highest BCUT2D eigenvalue weighted by Gasteiger charge is 2.06. The second-order valence-corrected chi connectivity index (χ2v) is 10.0. The van der Waals surface area contributed by atoms with Gasteiger partial charge in [-0.05, 0) is 47.7 Å². The van der Waals surface area contributed by atoms with Crippen LogP contribution in [0.4, 0.5) is 11.4 Å². The Labute approximate surface area is 214 Å². The molecule has 0 heterocycles. The number of allylic oxidation sites excluding steroid dienone is 1. The molecule has 0 aliphatic rings. The molecule has 2 aromatic carbocycles. The molecule has 0 spiro atoms. The predicted molar refractivity (Wildman–Crippen MR) is 156 cm³/mol. The zero-order chi connectivity index (χ0) is 24.4. The standard InChI is InChI=1S/C31H46N2S/c1-2-3-4-5-6-7-8-9-10-11-12-13-14-18-21-28-29(32)24-26(25-30(28)33)22-23-31(34)27-19-16-15-17-20-27/h15-17,19-20,22-25H,2-14,18,21,32-33H2,1H3. The minimum atomic E-state index is 0.792. The molecule has 0 fully saturated rings. The quantitative estimate of drug-likeness (QED) is 0.0737. The van der Waals surface area contributed by atoms with Crippen molar-refractivity contribution in [1.29, 1.82) is 0 Å². The minimum absolute atomic E-state index is 0.792. The van der Waals surface area contributed by atoms with E-state index in [0.29, 0.717) is 0 Å². The van der Waals surface area contributed by atoms with Crippen molar-refractivity contribution in [3.05, 3.63) is 65.2 Å². The third kappa shape index (κ3) is 11.3. The highest BCUT2D eigenvalue weighted by atomic mass is 32.1. The van der Waals surface area contributed by atoms with Crippen LogP contribution in [-0.2, 0) is 6.42 Å². The first-order chi connectivity index (χ1) is 16.6. The van der Waals surface area contributed by atoms with E-state index in [-0.39, 0.29) is 0 Å². The van der Waals surface area contributed by atoms with E-state index in [2.05, 4.69) is 6.92 Å². The summed E-state index contributed by atoms with van der Waals surface area (Å²) >= 11 is 5.51. The van der Waals surface area contributed by atoms with Crippen LogP contribution in [0.2, 0.25) is 0 Å². The zero-order valence-electron chi connectivity index (χ0n) is 21.4. The summed E-state index contributed by atoms with van der Waals surface area (Å²) in [5, 5.41) is 0. The Morgan fingerprint density at radius 1 is 0.706 bits per heavy atom. The number of hydrogen-bond acceptors (Lipinski definition) is 3. The molecule has 2 rings (SSSR count). The van der Waals surface area contributed by atoms with Crippen molar-refractivity contribution < 1.29 is 0 Å². The molecule has 2 aromatic rings. The van der Waals surface area contributed by atoms with Gasteiger partial charge in [-0.2, -0.15) is 0 Å². The normalized spacial score (nSPS) is 11.3. The van der Waals surface area contributed by atoms with E-state index in [9.17, 15) is 0 Å². The van der Waals surface area contributed by atoms with Crippen LogP contribution < -0.4 is 11.5 Å². The van der Waals surface area contributed by atoms with Crippen LogP contribution in [0.3, 0.4) is 0 Å². The lowest BCUT2D eigenvalue weighted by atomic mass is 9.99. The maximum Gasteiger partial charge on any atom is 0.0449 e. The number of hydrogen-bond donors (Lipinski definition) is 2. The Morgan fingerprint density at radius 3 is 1.68 bits per heavy atom. The molecule has 4 N–H and O–H groups in total. The zero-order valence-corrected chi connectivity index (χ0v) is 22.2. The highest BCUT2D eigenvalue weighted by molar-refractivity contribution is 7.81. The lowest BCUT2D eigenvalue weighted by molar-refractivity contribution is 0.535. The molecule has 0 saturated carbocycles. The number of unbranched alkanes of at least 4 members (excludes halogenated alkanes) is 13. The van der Waals surface area contributed by atoms with Gasteiger partial charge in [-0.15, -0.1) is 0 Å². The fourth-order valence-electron chi connectivity index (χ4n) is 4.49. The first kappa shape index (κ1) is 28.1. The summed E-state index contributed by atoms with van der Waals surface area (Å²) in [6.45, 7) is 2.28. The largest absolute Gasteiger partial charge is 0.398 e. The third-order valence-electron chi connectivity index (χ3n) is 6.61. The first-order valence-corrected chi connectivity index (χ1v) is 14.0. The van der Waals surface area contributed by atoms with Gasteiger partial charge in [0.1, 0.15) is 0 Å². The van der Waals surface area contributed by atoms with Crippen molar-refractivity contribution in [3.63, 3.8) is 0 Å². The third-order valence-corrected chi connectivity index (χ3v) is 6.98. The average Bonchev–Trinajstić information content (AvgIpc) is 2.84. The Morgan fingerprint density at radius 2 is 1.18 bits per heavy atom. The molecule has 0 aromatic heterocycles. The van der Waals surface area contributed by atoms with E-state index in [1.54, 1.807) is 0 Å². The molecule has 0 atom stereocenters. The van der Waals surface area contributed by atoms with E-state index in [4.69, 9.17) is 23.7 Å². The van der Waals surface area contributed by atoms with Gasteiger partial charge in [-0.1, -0.05) is 139 Å². The summed E-state index contributed by atoms with van der Waals surface area (Å²) in [6, 6.07) is 14.1. The van der Waals surface area contributed by atoms with Gasteiger partial charge in [0.25, 0.3) is 0 Å². The molecule has 0 aliphatic heterocycles. The molecule has 0 bridgehead atoms. The number of benzene rings is 2. The topological polar surface area (TPSA) is 52.0 Å². The fraction of sp³-hybridized carbons (Fsp3) is 0.516. The van der Waals surface area contributed by atoms with E-state index < -0.39 is 0 Å². The second-order valence-electron chi connectivity index (χ2n) is 9.59. The number of nitrogen functional groups attached to an aromatic ring is 2. The Kier molecular flexibility index (Phi) is 14.3. The molecule has 0 radical (unpaired) electrons. The summed E-state index contributed by atoms with van der Waals surface area (Å²) in [5.41, 5.74) is 17.4. The SMILES string of the molecule is CCCCCCCCCCCCCCCCc1c(N)cc(C=CC(=S)c2ccccc2)cc1N. The van der Waals surface area contributed by atoms with Crippen LogP contribution in [0.5, 0.6) is 0 Å². The summed E-state index contributed by atoms with van der Waals surface area (Å²) < 4.78 is 0. The van der Waals surface area contributed by atoms with Crippen molar-refractivity contribution in [2.24, 2.45) is 0 Å². The molecular weight excluding hydrogens is 432 g/mol. The number of anilines is 2. The van der Waals surface area contributed by atoms with Gasteiger partial charge >= 0.3 is 0 Å². The fourth-order valence-corrected chi connectivity index (χ4v) is 4.70. The summed E-state index contributed by atoms with van der Waals surface area (Å²) in [4.78, 5) is 0.809. The molecule has 186 valence electrons. The van der Waals surface area contributed by atoms with Crippen LogP contribution in [0.1, 0.15) is 114 Å². The van der Waals surface area contributed by atoms with Crippen LogP contribution in [-0.4, -0.2) is 4.86 Å². The van der Waals surface area contributed by atoms with Gasteiger partial charge in [0, 0.05) is 16.2 Å². The maximum absolute atomic E-state index is 6.35. The summed E-state index contributed by atoms with van der Waals surface area (Å²) in [5.74, 6) is 0. The number of rotatable bonds is 18. The Bertz CT molecular complexity index is 834. The average molecular weight is 479 g/mol. The van der Waals surface area contributed by atoms with Crippen molar-refractivity contribution in [2.75, 3.05) is 11.5 Å². The monoisotopic (exact) mass is 478 g/mol.